The van der Waals surface area contributed by atoms with Gasteiger partial charge in [-0.1, -0.05) is 20.8 Å². The molecule has 1 aliphatic heterocycles. The maximum atomic E-state index is 4.81. The molecular formula is C15H18N4. The minimum Gasteiger partial charge on any atom is -0.337 e. The Bertz CT molecular complexity index is 659. The van der Waals surface area contributed by atoms with Crippen molar-refractivity contribution in [3.63, 3.8) is 0 Å². The molecule has 0 N–H and O–H groups in total. The molecule has 3 rings (SSSR count). The molecule has 0 bridgehead atoms. The Morgan fingerprint density at radius 1 is 1.26 bits per heavy atom. The van der Waals surface area contributed by atoms with Crippen LogP contribution in [0.15, 0.2) is 23.5 Å². The second kappa shape index (κ2) is 4.02. The Morgan fingerprint density at radius 3 is 2.74 bits per heavy atom. The molecule has 19 heavy (non-hydrogen) atoms. The van der Waals surface area contributed by atoms with Gasteiger partial charge in [0.1, 0.15) is 5.82 Å². The van der Waals surface area contributed by atoms with Crippen molar-refractivity contribution in [2.75, 3.05) is 0 Å². The number of pyridine rings is 1. The van der Waals surface area contributed by atoms with Crippen LogP contribution in [-0.4, -0.2) is 20.7 Å². The molecule has 0 fully saturated rings. The van der Waals surface area contributed by atoms with Gasteiger partial charge in [0.2, 0.25) is 0 Å². The first-order valence-corrected chi connectivity index (χ1v) is 6.51. The quantitative estimate of drug-likeness (QED) is 0.785. The highest BCUT2D eigenvalue weighted by molar-refractivity contribution is 5.81. The molecule has 0 radical (unpaired) electrons. The molecule has 0 atom stereocenters. The van der Waals surface area contributed by atoms with Crippen molar-refractivity contribution in [2.24, 2.45) is 12.0 Å². The number of fused-ring (bicyclic) bond motifs is 1. The zero-order chi connectivity index (χ0) is 13.6. The van der Waals surface area contributed by atoms with Crippen molar-refractivity contribution in [2.45, 2.75) is 32.6 Å². The van der Waals surface area contributed by atoms with Gasteiger partial charge in [-0.25, -0.2) is 15.0 Å². The third kappa shape index (κ3) is 1.97. The van der Waals surface area contributed by atoms with Crippen LogP contribution in [-0.2, 0) is 18.9 Å². The fourth-order valence-corrected chi connectivity index (χ4v) is 2.55. The molecule has 0 aromatic carbocycles. The van der Waals surface area contributed by atoms with E-state index in [1.807, 2.05) is 18.5 Å². The second-order valence-electron chi connectivity index (χ2n) is 5.99. The predicted molar refractivity (Wildman–Crippen MR) is 77.0 cm³/mol. The number of aryl methyl sites for hydroxylation is 1. The average Bonchev–Trinajstić information content (AvgIpc) is 2.93. The molecule has 0 amide bonds. The lowest BCUT2D eigenvalue weighted by Gasteiger charge is -2.17. The van der Waals surface area contributed by atoms with E-state index in [1.54, 1.807) is 0 Å². The monoisotopic (exact) mass is 254 g/mol. The lowest BCUT2D eigenvalue weighted by atomic mass is 9.96. The molecule has 0 aliphatic carbocycles. The number of imidazole rings is 1. The van der Waals surface area contributed by atoms with Crippen molar-refractivity contribution in [1.29, 1.82) is 0 Å². The van der Waals surface area contributed by atoms with E-state index in [-0.39, 0.29) is 5.41 Å². The molecule has 4 nitrogen and oxygen atoms in total. The van der Waals surface area contributed by atoms with Gasteiger partial charge in [0.15, 0.2) is 5.82 Å². The summed E-state index contributed by atoms with van der Waals surface area (Å²) in [5, 5.41) is 0. The van der Waals surface area contributed by atoms with Gasteiger partial charge in [0.05, 0.1) is 5.69 Å². The lowest BCUT2D eigenvalue weighted by Crippen LogP contribution is -2.17. The maximum Gasteiger partial charge on any atom is 0.155 e. The molecule has 4 heteroatoms. The molecule has 0 saturated carbocycles. The zero-order valence-corrected chi connectivity index (χ0v) is 11.8. The first-order valence-electron chi connectivity index (χ1n) is 6.51. The third-order valence-electron chi connectivity index (χ3n) is 3.37. The molecule has 2 aromatic heterocycles. The standard InChI is InChI=1S/C15H18N4/c1-15(2,3)14-18-12(9-19(14)4)10-5-7-16-13-11(10)6-8-17-13/h5,7-9H,6H2,1-4H3. The summed E-state index contributed by atoms with van der Waals surface area (Å²) in [5.41, 5.74) is 3.38. The summed E-state index contributed by atoms with van der Waals surface area (Å²) in [7, 11) is 2.05. The van der Waals surface area contributed by atoms with Crippen LogP contribution in [0, 0.1) is 0 Å². The van der Waals surface area contributed by atoms with Gasteiger partial charge in [-0.05, 0) is 6.07 Å². The Balaban J connectivity index is 2.12. The summed E-state index contributed by atoms with van der Waals surface area (Å²) in [5.74, 6) is 1.92. The van der Waals surface area contributed by atoms with E-state index < -0.39 is 0 Å². The fourth-order valence-electron chi connectivity index (χ4n) is 2.55. The van der Waals surface area contributed by atoms with E-state index in [0.29, 0.717) is 0 Å². The van der Waals surface area contributed by atoms with Crippen molar-refractivity contribution in [3.8, 4) is 11.3 Å². The van der Waals surface area contributed by atoms with E-state index in [1.165, 1.54) is 5.56 Å². The zero-order valence-electron chi connectivity index (χ0n) is 11.8. The van der Waals surface area contributed by atoms with E-state index in [9.17, 15) is 0 Å². The maximum absolute atomic E-state index is 4.81. The van der Waals surface area contributed by atoms with Gasteiger partial charge in [0, 0.05) is 48.6 Å². The van der Waals surface area contributed by atoms with E-state index in [0.717, 1.165) is 29.3 Å². The highest BCUT2D eigenvalue weighted by Crippen LogP contribution is 2.32. The summed E-state index contributed by atoms with van der Waals surface area (Å²) in [6.07, 6.45) is 6.66. The van der Waals surface area contributed by atoms with Gasteiger partial charge < -0.3 is 4.57 Å². The Kier molecular flexibility index (Phi) is 2.55. The van der Waals surface area contributed by atoms with Crippen molar-refractivity contribution >= 4 is 12.0 Å². The first kappa shape index (κ1) is 12.1. The minimum absolute atomic E-state index is 0.0414. The van der Waals surface area contributed by atoms with E-state index in [4.69, 9.17) is 4.98 Å². The summed E-state index contributed by atoms with van der Waals surface area (Å²) < 4.78 is 2.11. The molecule has 1 aliphatic rings. The smallest absolute Gasteiger partial charge is 0.155 e. The van der Waals surface area contributed by atoms with Crippen LogP contribution in [0.2, 0.25) is 0 Å². The SMILES string of the molecule is Cn1cc(-c2ccnc3c2CC=N3)nc1C(C)(C)C. The topological polar surface area (TPSA) is 43.1 Å². The number of aliphatic imine (C=N–C) groups is 1. The van der Waals surface area contributed by atoms with Gasteiger partial charge in [-0.3, -0.25) is 0 Å². The van der Waals surface area contributed by atoms with Gasteiger partial charge in [0.25, 0.3) is 0 Å². The van der Waals surface area contributed by atoms with Crippen LogP contribution >= 0.6 is 0 Å². The molecule has 3 heterocycles. The van der Waals surface area contributed by atoms with Crippen LogP contribution in [0.25, 0.3) is 11.3 Å². The largest absolute Gasteiger partial charge is 0.337 e. The van der Waals surface area contributed by atoms with Crippen LogP contribution in [0.3, 0.4) is 0 Å². The number of nitrogens with zero attached hydrogens (tertiary/aromatic N) is 4. The number of hydrogen-bond acceptors (Lipinski definition) is 3. The summed E-state index contributed by atoms with van der Waals surface area (Å²) in [6, 6.07) is 2.03. The Labute approximate surface area is 113 Å². The molecule has 0 unspecified atom stereocenters. The lowest BCUT2D eigenvalue weighted by molar-refractivity contribution is 0.523. The van der Waals surface area contributed by atoms with Gasteiger partial charge in [-0.15, -0.1) is 0 Å². The number of hydrogen-bond donors (Lipinski definition) is 0. The van der Waals surface area contributed by atoms with Crippen molar-refractivity contribution < 1.29 is 0 Å². The van der Waals surface area contributed by atoms with Crippen LogP contribution in [0.4, 0.5) is 5.82 Å². The fraction of sp³-hybridized carbons (Fsp3) is 0.400. The van der Waals surface area contributed by atoms with Gasteiger partial charge in [-0.2, -0.15) is 0 Å². The van der Waals surface area contributed by atoms with Crippen molar-refractivity contribution in [1.82, 2.24) is 14.5 Å². The summed E-state index contributed by atoms with van der Waals surface area (Å²) in [6.45, 7) is 6.54. The average molecular weight is 254 g/mol. The van der Waals surface area contributed by atoms with Crippen LogP contribution < -0.4 is 0 Å². The predicted octanol–water partition coefficient (Wildman–Crippen LogP) is 3.04. The number of rotatable bonds is 1. The Hall–Kier alpha value is -1.97. The van der Waals surface area contributed by atoms with Crippen LogP contribution in [0.1, 0.15) is 32.2 Å². The number of aromatic nitrogens is 3. The molecule has 0 spiro atoms. The molecule has 0 saturated heterocycles. The highest BCUT2D eigenvalue weighted by atomic mass is 15.1. The summed E-state index contributed by atoms with van der Waals surface area (Å²) >= 11 is 0. The second-order valence-corrected chi connectivity index (χ2v) is 5.99. The molecule has 2 aromatic rings. The first-order chi connectivity index (χ1) is 8.97. The van der Waals surface area contributed by atoms with Crippen molar-refractivity contribution in [3.05, 3.63) is 29.8 Å². The molecule has 98 valence electrons. The molecular weight excluding hydrogens is 236 g/mol. The minimum atomic E-state index is 0.0414. The van der Waals surface area contributed by atoms with E-state index >= 15 is 0 Å². The van der Waals surface area contributed by atoms with Crippen LogP contribution in [0.5, 0.6) is 0 Å². The normalized spacial score (nSPS) is 13.9. The highest BCUT2D eigenvalue weighted by Gasteiger charge is 2.22. The van der Waals surface area contributed by atoms with E-state index in [2.05, 4.69) is 48.6 Å². The Morgan fingerprint density at radius 2 is 2.05 bits per heavy atom. The van der Waals surface area contributed by atoms with Gasteiger partial charge >= 0.3 is 0 Å². The summed E-state index contributed by atoms with van der Waals surface area (Å²) in [4.78, 5) is 13.4. The third-order valence-corrected chi connectivity index (χ3v) is 3.37.